The van der Waals surface area contributed by atoms with E-state index >= 15 is 0 Å². The molecule has 0 saturated carbocycles. The molecule has 30 heavy (non-hydrogen) atoms. The number of hydrogen-bond donors (Lipinski definition) is 1. The molecule has 2 aromatic heterocycles. The van der Waals surface area contributed by atoms with Crippen molar-refractivity contribution in [2.24, 2.45) is 0 Å². The number of carbonyl (C=O) groups excluding carboxylic acids is 1. The van der Waals surface area contributed by atoms with Gasteiger partial charge in [-0.15, -0.1) is 0 Å². The predicted molar refractivity (Wildman–Crippen MR) is 121 cm³/mol. The first-order valence-corrected chi connectivity index (χ1v) is 10.3. The number of nitrogens with zero attached hydrogens (tertiary/aromatic N) is 3. The fraction of sp³-hybridized carbons (Fsp3) is 0.208. The second-order valence-corrected chi connectivity index (χ2v) is 8.12. The molecule has 0 radical (unpaired) electrons. The Morgan fingerprint density at radius 1 is 1.07 bits per heavy atom. The van der Waals surface area contributed by atoms with Gasteiger partial charge in [0.2, 0.25) is 0 Å². The van der Waals surface area contributed by atoms with Crippen LogP contribution in [0.1, 0.15) is 46.8 Å². The highest BCUT2D eigenvalue weighted by atomic mass is 35.5. The molecule has 0 unspecified atom stereocenters. The summed E-state index contributed by atoms with van der Waals surface area (Å²) < 4.78 is 1.93. The lowest BCUT2D eigenvalue weighted by Crippen LogP contribution is -2.13. The van der Waals surface area contributed by atoms with Crippen LogP contribution < -0.4 is 5.32 Å². The van der Waals surface area contributed by atoms with Crippen molar-refractivity contribution in [3.8, 4) is 0 Å². The third-order valence-corrected chi connectivity index (χ3v) is 5.51. The first-order chi connectivity index (χ1) is 14.4. The van der Waals surface area contributed by atoms with Gasteiger partial charge in [-0.05, 0) is 36.1 Å². The number of rotatable bonds is 5. The smallest absolute Gasteiger partial charge is 0.258 e. The second-order valence-electron chi connectivity index (χ2n) is 7.75. The van der Waals surface area contributed by atoms with Crippen molar-refractivity contribution in [2.45, 2.75) is 33.2 Å². The molecule has 152 valence electrons. The van der Waals surface area contributed by atoms with Crippen molar-refractivity contribution >= 4 is 34.4 Å². The van der Waals surface area contributed by atoms with E-state index in [-0.39, 0.29) is 5.91 Å². The third kappa shape index (κ3) is 4.07. The van der Waals surface area contributed by atoms with Crippen molar-refractivity contribution in [3.05, 3.63) is 88.3 Å². The molecule has 5 nitrogen and oxygen atoms in total. The number of amides is 1. The van der Waals surface area contributed by atoms with E-state index in [0.717, 1.165) is 5.56 Å². The minimum Gasteiger partial charge on any atom is -0.322 e. The van der Waals surface area contributed by atoms with Gasteiger partial charge in [0.25, 0.3) is 5.91 Å². The van der Waals surface area contributed by atoms with Crippen LogP contribution in [-0.2, 0) is 6.54 Å². The van der Waals surface area contributed by atoms with E-state index in [0.29, 0.717) is 39.9 Å². The van der Waals surface area contributed by atoms with Gasteiger partial charge < -0.3 is 9.88 Å². The van der Waals surface area contributed by atoms with Crippen LogP contribution >= 0.6 is 11.6 Å². The van der Waals surface area contributed by atoms with Gasteiger partial charge in [-0.25, -0.2) is 9.97 Å². The number of anilines is 1. The van der Waals surface area contributed by atoms with Crippen LogP contribution in [0.4, 0.5) is 5.69 Å². The molecule has 4 rings (SSSR count). The molecule has 2 aromatic carbocycles. The Morgan fingerprint density at radius 3 is 2.43 bits per heavy atom. The molecule has 0 atom stereocenters. The zero-order chi connectivity index (χ0) is 21.3. The lowest BCUT2D eigenvalue weighted by atomic mass is 10.0. The summed E-state index contributed by atoms with van der Waals surface area (Å²) in [4.78, 5) is 21.6. The first-order valence-electron chi connectivity index (χ1n) is 9.88. The highest BCUT2D eigenvalue weighted by molar-refractivity contribution is 6.38. The van der Waals surface area contributed by atoms with E-state index in [1.165, 1.54) is 17.3 Å². The molecular weight excluding hydrogens is 396 g/mol. The Kier molecular flexibility index (Phi) is 5.55. The molecule has 1 N–H and O–H groups in total. The SMILES string of the molecule is Cc1ccc(Cn2cnc3c(Cl)c(C(=O)Nc4ccc(C(C)C)cc4)cnc32)cc1. The van der Waals surface area contributed by atoms with E-state index < -0.39 is 0 Å². The number of benzene rings is 2. The topological polar surface area (TPSA) is 59.8 Å². The Balaban J connectivity index is 1.57. The van der Waals surface area contributed by atoms with Gasteiger partial charge in [-0.1, -0.05) is 67.4 Å². The quantitative estimate of drug-likeness (QED) is 0.444. The van der Waals surface area contributed by atoms with Gasteiger partial charge >= 0.3 is 0 Å². The van der Waals surface area contributed by atoms with Gasteiger partial charge in [-0.2, -0.15) is 0 Å². The third-order valence-electron chi connectivity index (χ3n) is 5.12. The van der Waals surface area contributed by atoms with Gasteiger partial charge in [0.05, 0.1) is 23.5 Å². The fourth-order valence-corrected chi connectivity index (χ4v) is 3.56. The molecule has 0 aliphatic carbocycles. The Hall–Kier alpha value is -3.18. The number of fused-ring (bicyclic) bond motifs is 1. The van der Waals surface area contributed by atoms with Gasteiger partial charge in [0.1, 0.15) is 5.52 Å². The monoisotopic (exact) mass is 418 g/mol. The van der Waals surface area contributed by atoms with Crippen LogP contribution in [0.15, 0.2) is 61.1 Å². The maximum Gasteiger partial charge on any atom is 0.258 e. The second kappa shape index (κ2) is 8.28. The summed E-state index contributed by atoms with van der Waals surface area (Å²) >= 11 is 6.53. The minimum atomic E-state index is -0.306. The van der Waals surface area contributed by atoms with Crippen LogP contribution in [0.5, 0.6) is 0 Å². The number of hydrogen-bond acceptors (Lipinski definition) is 3. The summed E-state index contributed by atoms with van der Waals surface area (Å²) in [6.07, 6.45) is 3.21. The molecule has 2 heterocycles. The highest BCUT2D eigenvalue weighted by Crippen LogP contribution is 2.26. The van der Waals surface area contributed by atoms with Crippen molar-refractivity contribution in [3.63, 3.8) is 0 Å². The van der Waals surface area contributed by atoms with Gasteiger partial charge in [0, 0.05) is 11.9 Å². The molecule has 6 heteroatoms. The Bertz CT molecular complexity index is 1190. The Morgan fingerprint density at radius 2 is 1.77 bits per heavy atom. The molecule has 0 spiro atoms. The van der Waals surface area contributed by atoms with E-state index in [9.17, 15) is 4.79 Å². The van der Waals surface area contributed by atoms with Crippen LogP contribution in [0.2, 0.25) is 5.02 Å². The average Bonchev–Trinajstić information content (AvgIpc) is 3.14. The maximum atomic E-state index is 12.8. The van der Waals surface area contributed by atoms with Crippen molar-refractivity contribution in [2.75, 3.05) is 5.32 Å². The number of nitrogens with one attached hydrogen (secondary N) is 1. The average molecular weight is 419 g/mol. The van der Waals surface area contributed by atoms with Crippen LogP contribution in [0, 0.1) is 6.92 Å². The zero-order valence-corrected chi connectivity index (χ0v) is 17.9. The number of pyridine rings is 1. The van der Waals surface area contributed by atoms with Crippen LogP contribution in [-0.4, -0.2) is 20.4 Å². The van der Waals surface area contributed by atoms with E-state index in [4.69, 9.17) is 11.6 Å². The fourth-order valence-electron chi connectivity index (χ4n) is 3.29. The number of aromatic nitrogens is 3. The molecule has 0 aliphatic rings. The molecule has 4 aromatic rings. The van der Waals surface area contributed by atoms with Gasteiger partial charge in [0.15, 0.2) is 5.65 Å². The maximum absolute atomic E-state index is 12.8. The number of halogens is 1. The van der Waals surface area contributed by atoms with Crippen LogP contribution in [0.3, 0.4) is 0 Å². The lowest BCUT2D eigenvalue weighted by Gasteiger charge is -2.10. The van der Waals surface area contributed by atoms with Crippen molar-refractivity contribution in [1.29, 1.82) is 0 Å². The standard InChI is InChI=1S/C24H23ClN4O/c1-15(2)18-8-10-19(11-9-18)28-24(30)20-12-26-23-22(21(20)25)27-14-29(23)13-17-6-4-16(3)5-7-17/h4-12,14-15H,13H2,1-3H3,(H,28,30). The predicted octanol–water partition coefficient (Wildman–Crippen LogP) is 5.82. The summed E-state index contributed by atoms with van der Waals surface area (Å²) in [6.45, 7) is 6.95. The van der Waals surface area contributed by atoms with E-state index in [1.807, 2.05) is 28.8 Å². The minimum absolute atomic E-state index is 0.303. The highest BCUT2D eigenvalue weighted by Gasteiger charge is 2.17. The summed E-state index contributed by atoms with van der Waals surface area (Å²) in [7, 11) is 0. The van der Waals surface area contributed by atoms with E-state index in [1.54, 1.807) is 6.33 Å². The Labute approximate surface area is 180 Å². The molecule has 0 fully saturated rings. The summed E-state index contributed by atoms with van der Waals surface area (Å²) in [5.41, 5.74) is 5.76. The van der Waals surface area contributed by atoms with E-state index in [2.05, 4.69) is 60.3 Å². The number of imidazole rings is 1. The summed E-state index contributed by atoms with van der Waals surface area (Å²) in [6, 6.07) is 16.1. The largest absolute Gasteiger partial charge is 0.322 e. The first kappa shape index (κ1) is 20.1. The summed E-state index contributed by atoms with van der Waals surface area (Å²) in [5.74, 6) is 0.130. The lowest BCUT2D eigenvalue weighted by molar-refractivity contribution is 0.102. The zero-order valence-electron chi connectivity index (χ0n) is 17.2. The van der Waals surface area contributed by atoms with Gasteiger partial charge in [-0.3, -0.25) is 4.79 Å². The normalized spacial score (nSPS) is 11.2. The molecule has 0 bridgehead atoms. The van der Waals surface area contributed by atoms with Crippen molar-refractivity contribution in [1.82, 2.24) is 14.5 Å². The number of carbonyl (C=O) groups is 1. The van der Waals surface area contributed by atoms with Crippen LogP contribution in [0.25, 0.3) is 11.2 Å². The summed E-state index contributed by atoms with van der Waals surface area (Å²) in [5, 5.41) is 3.19. The molecule has 1 amide bonds. The van der Waals surface area contributed by atoms with Crippen molar-refractivity contribution < 1.29 is 4.79 Å². The molecular formula is C24H23ClN4O. The number of aryl methyl sites for hydroxylation is 1. The molecule has 0 saturated heterocycles. The molecule has 0 aliphatic heterocycles.